The number of imidazole rings is 1. The number of ether oxygens (including phenoxy) is 1. The lowest BCUT2D eigenvalue weighted by atomic mass is 10.0. The summed E-state index contributed by atoms with van der Waals surface area (Å²) in [5.74, 6) is 0. The number of aromatic nitrogens is 2. The highest BCUT2D eigenvalue weighted by molar-refractivity contribution is 5.47. The molecule has 5 heteroatoms. The average Bonchev–Trinajstić information content (AvgIpc) is 3.07. The molecule has 0 aliphatic carbocycles. The van der Waals surface area contributed by atoms with Gasteiger partial charge in [-0.3, -0.25) is 0 Å². The Kier molecular flexibility index (Phi) is 5.88. The largest absolute Gasteiger partial charge is 0.383 e. The Hall–Kier alpha value is -1.85. The van der Waals surface area contributed by atoms with Crippen LogP contribution in [0.5, 0.6) is 0 Å². The molecule has 1 aliphatic heterocycles. The number of aryl methyl sites for hydroxylation is 1. The number of nitrogens with zero attached hydrogens (tertiary/aromatic N) is 3. The first-order chi connectivity index (χ1) is 11.8. The second-order valence-corrected chi connectivity index (χ2v) is 6.55. The van der Waals surface area contributed by atoms with E-state index in [4.69, 9.17) is 4.74 Å². The quantitative estimate of drug-likeness (QED) is 0.848. The van der Waals surface area contributed by atoms with E-state index in [2.05, 4.69) is 51.0 Å². The van der Waals surface area contributed by atoms with Gasteiger partial charge in [-0.2, -0.15) is 0 Å². The Morgan fingerprint density at radius 2 is 1.96 bits per heavy atom. The number of hydrogen-bond acceptors (Lipinski definition) is 4. The second kappa shape index (κ2) is 8.31. The van der Waals surface area contributed by atoms with Gasteiger partial charge in [0.1, 0.15) is 0 Å². The highest BCUT2D eigenvalue weighted by Crippen LogP contribution is 2.20. The highest BCUT2D eigenvalue weighted by Gasteiger charge is 2.19. The van der Waals surface area contributed by atoms with E-state index in [9.17, 15) is 0 Å². The van der Waals surface area contributed by atoms with Crippen molar-refractivity contribution in [3.63, 3.8) is 0 Å². The van der Waals surface area contributed by atoms with Crippen molar-refractivity contribution in [3.8, 4) is 0 Å². The molecule has 0 atom stereocenters. The summed E-state index contributed by atoms with van der Waals surface area (Å²) in [6.07, 6.45) is 6.19. The van der Waals surface area contributed by atoms with Crippen molar-refractivity contribution in [2.24, 2.45) is 0 Å². The van der Waals surface area contributed by atoms with Crippen LogP contribution in [0.15, 0.2) is 36.8 Å². The average molecular weight is 328 g/mol. The van der Waals surface area contributed by atoms with Crippen molar-refractivity contribution in [1.29, 1.82) is 0 Å². The van der Waals surface area contributed by atoms with E-state index < -0.39 is 0 Å². The smallest absolute Gasteiger partial charge is 0.0949 e. The van der Waals surface area contributed by atoms with Gasteiger partial charge in [-0.1, -0.05) is 17.7 Å². The van der Waals surface area contributed by atoms with E-state index >= 15 is 0 Å². The molecule has 24 heavy (non-hydrogen) atoms. The molecule has 1 aromatic heterocycles. The van der Waals surface area contributed by atoms with Crippen molar-refractivity contribution in [1.82, 2.24) is 14.9 Å². The van der Waals surface area contributed by atoms with E-state index in [0.717, 1.165) is 32.8 Å². The van der Waals surface area contributed by atoms with Crippen molar-refractivity contribution < 1.29 is 4.74 Å². The molecule has 2 aromatic rings. The van der Waals surface area contributed by atoms with Crippen LogP contribution in [-0.2, 0) is 17.8 Å². The van der Waals surface area contributed by atoms with E-state index in [0.29, 0.717) is 6.04 Å². The standard InChI is InChI=1S/C19H28N4O/c1-16-3-5-18(6-4-16)22-9-7-17(8-10-22)21-14-19-13-20-15-23(19)11-12-24-2/h3-6,13,15,17,21H,7-12,14H2,1-2H3. The number of nitrogens with one attached hydrogen (secondary N) is 1. The van der Waals surface area contributed by atoms with Gasteiger partial charge in [0.2, 0.25) is 0 Å². The summed E-state index contributed by atoms with van der Waals surface area (Å²) >= 11 is 0. The summed E-state index contributed by atoms with van der Waals surface area (Å²) in [5.41, 5.74) is 3.89. The Balaban J connectivity index is 1.46. The van der Waals surface area contributed by atoms with Crippen LogP contribution in [0.3, 0.4) is 0 Å². The van der Waals surface area contributed by atoms with Crippen LogP contribution in [0, 0.1) is 6.92 Å². The fourth-order valence-corrected chi connectivity index (χ4v) is 3.23. The molecule has 5 nitrogen and oxygen atoms in total. The zero-order valence-corrected chi connectivity index (χ0v) is 14.7. The molecule has 2 heterocycles. The molecule has 0 spiro atoms. The van der Waals surface area contributed by atoms with Gasteiger partial charge in [0.05, 0.1) is 18.6 Å². The van der Waals surface area contributed by atoms with Crippen LogP contribution in [-0.4, -0.2) is 42.4 Å². The van der Waals surface area contributed by atoms with Crippen LogP contribution in [0.2, 0.25) is 0 Å². The van der Waals surface area contributed by atoms with E-state index in [1.807, 2.05) is 12.5 Å². The first-order valence-corrected chi connectivity index (χ1v) is 8.79. The van der Waals surface area contributed by atoms with Crippen molar-refractivity contribution in [3.05, 3.63) is 48.0 Å². The number of hydrogen-bond donors (Lipinski definition) is 1. The summed E-state index contributed by atoms with van der Waals surface area (Å²) in [6.45, 7) is 6.82. The fraction of sp³-hybridized carbons (Fsp3) is 0.526. The Labute approximate surface area is 144 Å². The second-order valence-electron chi connectivity index (χ2n) is 6.55. The number of methoxy groups -OCH3 is 1. The molecule has 0 amide bonds. The van der Waals surface area contributed by atoms with Gasteiger partial charge in [0.15, 0.2) is 0 Å². The molecular formula is C19H28N4O. The molecule has 0 bridgehead atoms. The Bertz CT molecular complexity index is 615. The maximum atomic E-state index is 5.15. The van der Waals surface area contributed by atoms with Gasteiger partial charge in [0, 0.05) is 51.2 Å². The van der Waals surface area contributed by atoms with Gasteiger partial charge in [-0.25, -0.2) is 4.98 Å². The van der Waals surface area contributed by atoms with E-state index in [1.165, 1.54) is 29.8 Å². The lowest BCUT2D eigenvalue weighted by molar-refractivity contribution is 0.186. The van der Waals surface area contributed by atoms with Crippen LogP contribution in [0.25, 0.3) is 0 Å². The third kappa shape index (κ3) is 4.36. The first kappa shape index (κ1) is 17.0. The van der Waals surface area contributed by atoms with Crippen LogP contribution in [0.4, 0.5) is 5.69 Å². The lowest BCUT2D eigenvalue weighted by Gasteiger charge is -2.34. The molecule has 130 valence electrons. The van der Waals surface area contributed by atoms with E-state index in [1.54, 1.807) is 7.11 Å². The van der Waals surface area contributed by atoms with Gasteiger partial charge in [-0.05, 0) is 31.9 Å². The maximum absolute atomic E-state index is 5.15. The molecule has 1 aliphatic rings. The Morgan fingerprint density at radius 3 is 2.67 bits per heavy atom. The number of rotatable bonds is 7. The summed E-state index contributed by atoms with van der Waals surface area (Å²) in [4.78, 5) is 6.74. The van der Waals surface area contributed by atoms with E-state index in [-0.39, 0.29) is 0 Å². The van der Waals surface area contributed by atoms with Crippen molar-refractivity contribution in [2.75, 3.05) is 31.7 Å². The molecule has 0 radical (unpaired) electrons. The highest BCUT2D eigenvalue weighted by atomic mass is 16.5. The fourth-order valence-electron chi connectivity index (χ4n) is 3.23. The molecule has 0 unspecified atom stereocenters. The topological polar surface area (TPSA) is 42.3 Å². The van der Waals surface area contributed by atoms with Gasteiger partial charge < -0.3 is 19.5 Å². The monoisotopic (exact) mass is 328 g/mol. The van der Waals surface area contributed by atoms with Gasteiger partial charge in [-0.15, -0.1) is 0 Å². The molecule has 3 rings (SSSR count). The SMILES string of the molecule is COCCn1cncc1CNC1CCN(c2ccc(C)cc2)CC1. The number of anilines is 1. The van der Waals surface area contributed by atoms with Crippen LogP contribution >= 0.6 is 0 Å². The molecule has 1 saturated heterocycles. The molecule has 1 fully saturated rings. The first-order valence-electron chi connectivity index (χ1n) is 8.79. The molecular weight excluding hydrogens is 300 g/mol. The molecule has 1 N–H and O–H groups in total. The zero-order chi connectivity index (χ0) is 16.8. The summed E-state index contributed by atoms with van der Waals surface area (Å²) in [7, 11) is 1.73. The minimum atomic E-state index is 0.581. The van der Waals surface area contributed by atoms with Crippen LogP contribution < -0.4 is 10.2 Å². The summed E-state index contributed by atoms with van der Waals surface area (Å²) in [6, 6.07) is 9.44. The Morgan fingerprint density at radius 1 is 1.21 bits per heavy atom. The third-order valence-corrected chi connectivity index (χ3v) is 4.80. The van der Waals surface area contributed by atoms with Crippen LogP contribution in [0.1, 0.15) is 24.1 Å². The minimum absolute atomic E-state index is 0.581. The molecule has 0 saturated carbocycles. The third-order valence-electron chi connectivity index (χ3n) is 4.80. The lowest BCUT2D eigenvalue weighted by Crippen LogP contribution is -2.42. The van der Waals surface area contributed by atoms with Crippen molar-refractivity contribution in [2.45, 2.75) is 38.9 Å². The van der Waals surface area contributed by atoms with Gasteiger partial charge >= 0.3 is 0 Å². The number of benzene rings is 1. The van der Waals surface area contributed by atoms with Gasteiger partial charge in [0.25, 0.3) is 0 Å². The normalized spacial score (nSPS) is 15.8. The minimum Gasteiger partial charge on any atom is -0.383 e. The van der Waals surface area contributed by atoms with Crippen molar-refractivity contribution >= 4 is 5.69 Å². The predicted molar refractivity (Wildman–Crippen MR) is 97.4 cm³/mol. The predicted octanol–water partition coefficient (Wildman–Crippen LogP) is 2.60. The molecule has 1 aromatic carbocycles. The maximum Gasteiger partial charge on any atom is 0.0949 e. The summed E-state index contributed by atoms with van der Waals surface area (Å²) < 4.78 is 7.32. The zero-order valence-electron chi connectivity index (χ0n) is 14.7. The summed E-state index contributed by atoms with van der Waals surface area (Å²) in [5, 5.41) is 3.69. The number of piperidine rings is 1.